The predicted molar refractivity (Wildman–Crippen MR) is 45.2 cm³/mol. The SMILES string of the molecule is COC(=O)CC1(OCC(F)(F)F)CCC1. The number of carbonyl (C=O) groups is 1. The number of halogens is 3. The second-order valence-electron chi connectivity index (χ2n) is 3.69. The van der Waals surface area contributed by atoms with Crippen molar-refractivity contribution < 1.29 is 27.4 Å². The van der Waals surface area contributed by atoms with Crippen molar-refractivity contribution in [3.63, 3.8) is 0 Å². The van der Waals surface area contributed by atoms with Crippen LogP contribution in [0.2, 0.25) is 0 Å². The highest BCUT2D eigenvalue weighted by atomic mass is 19.4. The van der Waals surface area contributed by atoms with E-state index in [1.165, 1.54) is 7.11 Å². The van der Waals surface area contributed by atoms with Crippen LogP contribution in [0, 0.1) is 0 Å². The zero-order valence-corrected chi connectivity index (χ0v) is 8.39. The number of esters is 1. The maximum Gasteiger partial charge on any atom is 0.411 e. The lowest BCUT2D eigenvalue weighted by Crippen LogP contribution is -2.44. The zero-order chi connectivity index (χ0) is 11.5. The molecule has 0 bridgehead atoms. The van der Waals surface area contributed by atoms with Crippen LogP contribution in [0.5, 0.6) is 0 Å². The summed E-state index contributed by atoms with van der Waals surface area (Å²) in [6, 6.07) is 0. The summed E-state index contributed by atoms with van der Waals surface area (Å²) < 4.78 is 45.0. The fraction of sp³-hybridized carbons (Fsp3) is 0.889. The van der Waals surface area contributed by atoms with Gasteiger partial charge in [-0.1, -0.05) is 0 Å². The average Bonchev–Trinajstić information content (AvgIpc) is 2.07. The van der Waals surface area contributed by atoms with Crippen LogP contribution in [0.1, 0.15) is 25.7 Å². The molecule has 0 radical (unpaired) electrons. The van der Waals surface area contributed by atoms with Crippen molar-refractivity contribution in [2.75, 3.05) is 13.7 Å². The van der Waals surface area contributed by atoms with Crippen LogP contribution in [-0.2, 0) is 14.3 Å². The molecule has 0 saturated heterocycles. The summed E-state index contributed by atoms with van der Waals surface area (Å²) in [5.41, 5.74) is -0.942. The molecule has 0 N–H and O–H groups in total. The van der Waals surface area contributed by atoms with E-state index < -0.39 is 24.4 Å². The van der Waals surface area contributed by atoms with E-state index in [0.717, 1.165) is 6.42 Å². The van der Waals surface area contributed by atoms with E-state index in [-0.39, 0.29) is 6.42 Å². The van der Waals surface area contributed by atoms with E-state index >= 15 is 0 Å². The van der Waals surface area contributed by atoms with Gasteiger partial charge in [-0.2, -0.15) is 13.2 Å². The highest BCUT2D eigenvalue weighted by Crippen LogP contribution is 2.39. The monoisotopic (exact) mass is 226 g/mol. The third-order valence-corrected chi connectivity index (χ3v) is 2.50. The van der Waals surface area contributed by atoms with Crippen LogP contribution >= 0.6 is 0 Å². The Balaban J connectivity index is 2.43. The molecule has 0 spiro atoms. The Hall–Kier alpha value is -0.780. The van der Waals surface area contributed by atoms with Crippen molar-refractivity contribution >= 4 is 5.97 Å². The minimum atomic E-state index is -4.35. The highest BCUT2D eigenvalue weighted by molar-refractivity contribution is 5.70. The van der Waals surface area contributed by atoms with E-state index in [4.69, 9.17) is 4.74 Å². The van der Waals surface area contributed by atoms with E-state index in [0.29, 0.717) is 12.8 Å². The van der Waals surface area contributed by atoms with Crippen LogP contribution in [0.15, 0.2) is 0 Å². The fourth-order valence-electron chi connectivity index (χ4n) is 1.51. The molecule has 0 aromatic rings. The number of hydrogen-bond donors (Lipinski definition) is 0. The molecule has 3 nitrogen and oxygen atoms in total. The van der Waals surface area contributed by atoms with Gasteiger partial charge in [0.2, 0.25) is 0 Å². The maximum absolute atomic E-state index is 11.9. The molecule has 88 valence electrons. The fourth-order valence-corrected chi connectivity index (χ4v) is 1.51. The van der Waals surface area contributed by atoms with Gasteiger partial charge in [0, 0.05) is 0 Å². The summed E-state index contributed by atoms with van der Waals surface area (Å²) in [4.78, 5) is 11.0. The summed E-state index contributed by atoms with van der Waals surface area (Å²) in [5, 5.41) is 0. The first-order valence-electron chi connectivity index (χ1n) is 4.64. The molecular formula is C9H13F3O3. The Morgan fingerprint density at radius 1 is 1.40 bits per heavy atom. The van der Waals surface area contributed by atoms with Gasteiger partial charge >= 0.3 is 12.1 Å². The Kier molecular flexibility index (Phi) is 3.59. The molecular weight excluding hydrogens is 213 g/mol. The number of hydrogen-bond acceptors (Lipinski definition) is 3. The number of alkyl halides is 3. The number of carbonyl (C=O) groups excluding carboxylic acids is 1. The van der Waals surface area contributed by atoms with Gasteiger partial charge in [0.05, 0.1) is 19.1 Å². The van der Waals surface area contributed by atoms with Gasteiger partial charge in [-0.15, -0.1) is 0 Å². The molecule has 0 unspecified atom stereocenters. The summed E-state index contributed by atoms with van der Waals surface area (Å²) in [6.07, 6.45) is -2.69. The molecule has 0 atom stereocenters. The lowest BCUT2D eigenvalue weighted by molar-refractivity contribution is -0.223. The van der Waals surface area contributed by atoms with Crippen molar-refractivity contribution in [2.24, 2.45) is 0 Å². The molecule has 0 aromatic heterocycles. The van der Waals surface area contributed by atoms with E-state index in [1.807, 2.05) is 0 Å². The molecule has 0 aliphatic heterocycles. The van der Waals surface area contributed by atoms with Gasteiger partial charge in [0.1, 0.15) is 6.61 Å². The van der Waals surface area contributed by atoms with Gasteiger partial charge in [-0.3, -0.25) is 4.79 Å². The molecule has 0 heterocycles. The highest BCUT2D eigenvalue weighted by Gasteiger charge is 2.43. The Morgan fingerprint density at radius 3 is 2.33 bits per heavy atom. The Labute approximate surface area is 85.5 Å². The van der Waals surface area contributed by atoms with E-state index in [9.17, 15) is 18.0 Å². The van der Waals surface area contributed by atoms with Crippen molar-refractivity contribution in [1.82, 2.24) is 0 Å². The summed E-state index contributed by atoms with van der Waals surface area (Å²) >= 11 is 0. The van der Waals surface area contributed by atoms with Gasteiger partial charge in [-0.25, -0.2) is 0 Å². The van der Waals surface area contributed by atoms with Crippen LogP contribution < -0.4 is 0 Å². The van der Waals surface area contributed by atoms with E-state index in [2.05, 4.69) is 4.74 Å². The predicted octanol–water partition coefficient (Wildman–Crippen LogP) is 2.05. The lowest BCUT2D eigenvalue weighted by atomic mass is 9.77. The Bertz CT molecular complexity index is 233. The number of ether oxygens (including phenoxy) is 2. The second kappa shape index (κ2) is 4.38. The third kappa shape index (κ3) is 3.70. The molecule has 0 aromatic carbocycles. The Morgan fingerprint density at radius 2 is 2.00 bits per heavy atom. The number of rotatable bonds is 4. The first-order valence-corrected chi connectivity index (χ1v) is 4.64. The zero-order valence-electron chi connectivity index (χ0n) is 8.39. The first-order chi connectivity index (χ1) is 6.87. The topological polar surface area (TPSA) is 35.5 Å². The van der Waals surface area contributed by atoms with Gasteiger partial charge in [0.25, 0.3) is 0 Å². The molecule has 1 fully saturated rings. The van der Waals surface area contributed by atoms with Gasteiger partial charge in [-0.05, 0) is 19.3 Å². The lowest BCUT2D eigenvalue weighted by Gasteiger charge is -2.40. The molecule has 1 aliphatic rings. The molecule has 1 aliphatic carbocycles. The van der Waals surface area contributed by atoms with Crippen molar-refractivity contribution in [3.05, 3.63) is 0 Å². The molecule has 1 saturated carbocycles. The normalized spacial score (nSPS) is 19.5. The third-order valence-electron chi connectivity index (χ3n) is 2.50. The standard InChI is InChI=1S/C9H13F3O3/c1-14-7(13)5-8(3-2-4-8)15-6-9(10,11)12/h2-6H2,1H3. The molecule has 15 heavy (non-hydrogen) atoms. The summed E-state index contributed by atoms with van der Waals surface area (Å²) in [7, 11) is 1.21. The largest absolute Gasteiger partial charge is 0.469 e. The van der Waals surface area contributed by atoms with Crippen molar-refractivity contribution in [3.8, 4) is 0 Å². The second-order valence-corrected chi connectivity index (χ2v) is 3.69. The van der Waals surface area contributed by atoms with Crippen molar-refractivity contribution in [1.29, 1.82) is 0 Å². The summed E-state index contributed by atoms with van der Waals surface area (Å²) in [5.74, 6) is -0.531. The molecule has 0 amide bonds. The minimum Gasteiger partial charge on any atom is -0.469 e. The average molecular weight is 226 g/mol. The van der Waals surface area contributed by atoms with Gasteiger partial charge in [0.15, 0.2) is 0 Å². The first kappa shape index (κ1) is 12.3. The molecule has 6 heteroatoms. The maximum atomic E-state index is 11.9. The quantitative estimate of drug-likeness (QED) is 0.688. The van der Waals surface area contributed by atoms with Crippen LogP contribution in [0.3, 0.4) is 0 Å². The van der Waals surface area contributed by atoms with Crippen molar-refractivity contribution in [2.45, 2.75) is 37.5 Å². The molecule has 1 rings (SSSR count). The minimum absolute atomic E-state index is 0.0976. The number of methoxy groups -OCH3 is 1. The van der Waals surface area contributed by atoms with Gasteiger partial charge < -0.3 is 9.47 Å². The summed E-state index contributed by atoms with van der Waals surface area (Å²) in [6.45, 7) is -1.30. The van der Waals surface area contributed by atoms with Crippen LogP contribution in [-0.4, -0.2) is 31.5 Å². The smallest absolute Gasteiger partial charge is 0.411 e. The van der Waals surface area contributed by atoms with Crippen LogP contribution in [0.4, 0.5) is 13.2 Å². The van der Waals surface area contributed by atoms with E-state index in [1.54, 1.807) is 0 Å². The van der Waals surface area contributed by atoms with Crippen LogP contribution in [0.25, 0.3) is 0 Å².